The van der Waals surface area contributed by atoms with Gasteiger partial charge >= 0.3 is 18.0 Å². The molecule has 5 atom stereocenters. The molecule has 248 valence electrons. The van der Waals surface area contributed by atoms with Gasteiger partial charge in [0.1, 0.15) is 18.0 Å². The number of aliphatic hydroxyl groups excluding tert-OH is 1. The van der Waals surface area contributed by atoms with Gasteiger partial charge in [-0.3, -0.25) is 14.5 Å². The van der Waals surface area contributed by atoms with Gasteiger partial charge < -0.3 is 34.8 Å². The molecule has 1 aromatic rings. The first-order chi connectivity index (χ1) is 21.5. The van der Waals surface area contributed by atoms with E-state index in [0.29, 0.717) is 82.0 Å². The van der Waals surface area contributed by atoms with Crippen molar-refractivity contribution in [1.29, 1.82) is 0 Å². The smallest absolute Gasteiger partial charge is 0.410 e. The predicted molar refractivity (Wildman–Crippen MR) is 168 cm³/mol. The van der Waals surface area contributed by atoms with Crippen LogP contribution in [0.5, 0.6) is 0 Å². The van der Waals surface area contributed by atoms with Crippen molar-refractivity contribution < 1.29 is 38.5 Å². The van der Waals surface area contributed by atoms with Crippen LogP contribution >= 0.6 is 0 Å². The van der Waals surface area contributed by atoms with E-state index in [9.17, 15) is 23.9 Å². The number of amides is 1. The lowest BCUT2D eigenvalue weighted by atomic mass is 9.91. The Labute approximate surface area is 264 Å². The van der Waals surface area contributed by atoms with Crippen LogP contribution in [0.1, 0.15) is 45.6 Å². The maximum Gasteiger partial charge on any atom is 0.410 e. The van der Waals surface area contributed by atoms with E-state index >= 15 is 0 Å². The van der Waals surface area contributed by atoms with Crippen LogP contribution in [-0.2, 0) is 19.1 Å². The van der Waals surface area contributed by atoms with Gasteiger partial charge in [0.05, 0.1) is 19.1 Å². The number of nitrogens with one attached hydrogen (secondary N) is 1. The van der Waals surface area contributed by atoms with Crippen molar-refractivity contribution in [3.8, 4) is 0 Å². The van der Waals surface area contributed by atoms with E-state index in [-0.39, 0.29) is 30.9 Å². The number of hydrogen-bond donors (Lipinski definition) is 3. The molecule has 3 heterocycles. The number of hydrogen-bond acceptors (Lipinski definition) is 9. The van der Waals surface area contributed by atoms with E-state index in [1.807, 2.05) is 48.8 Å². The average molecular weight is 631 g/mol. The van der Waals surface area contributed by atoms with Crippen molar-refractivity contribution in [2.45, 2.75) is 58.3 Å². The van der Waals surface area contributed by atoms with Gasteiger partial charge in [-0.15, -0.1) is 0 Å². The molecular weight excluding hydrogens is 583 g/mol. The number of esters is 1. The molecule has 3 aliphatic rings. The standard InChI is InChI=1S/C33H47FN4O7/c1-22-4-6-28(39)20-31(42)45-32(23(2)5-7-29(22)44-33(43)38-10-8-35-9-11-38)24(3)16-25-17-26(34)19-27(18-25)37-14-12-36(13-15-37)21-30(40)41/h5,7,16-19,22-23,28-29,32,35,39H,4,6,8-15,20-21H2,1-3H3,(H,40,41)/b7-5?,24-16+/t22-,23-,28+,29-,32-/m0/s1. The van der Waals surface area contributed by atoms with Crippen molar-refractivity contribution in [2.24, 2.45) is 11.8 Å². The van der Waals surface area contributed by atoms with Crippen LogP contribution in [0.25, 0.3) is 6.08 Å². The van der Waals surface area contributed by atoms with E-state index in [1.165, 1.54) is 12.1 Å². The Kier molecular flexibility index (Phi) is 12.4. The quantitative estimate of drug-likeness (QED) is 0.318. The Morgan fingerprint density at radius 2 is 1.78 bits per heavy atom. The van der Waals surface area contributed by atoms with Crippen LogP contribution in [0.3, 0.4) is 0 Å². The van der Waals surface area contributed by atoms with E-state index in [2.05, 4.69) is 5.32 Å². The number of ether oxygens (including phenoxy) is 2. The van der Waals surface area contributed by atoms with E-state index in [1.54, 1.807) is 11.0 Å². The van der Waals surface area contributed by atoms with Gasteiger partial charge in [0.2, 0.25) is 0 Å². The number of cyclic esters (lactones) is 1. The third kappa shape index (κ3) is 10.3. The summed E-state index contributed by atoms with van der Waals surface area (Å²) in [5.41, 5.74) is 1.99. The molecule has 1 amide bonds. The minimum atomic E-state index is -0.894. The zero-order chi connectivity index (χ0) is 32.5. The fourth-order valence-electron chi connectivity index (χ4n) is 6.05. The zero-order valence-electron chi connectivity index (χ0n) is 26.5. The normalized spacial score (nSPS) is 27.7. The molecule has 3 N–H and O–H groups in total. The minimum absolute atomic E-state index is 0.0216. The summed E-state index contributed by atoms with van der Waals surface area (Å²) in [5.74, 6) is -2.20. The molecule has 11 nitrogen and oxygen atoms in total. The minimum Gasteiger partial charge on any atom is -0.480 e. The van der Waals surface area contributed by atoms with Crippen molar-refractivity contribution >= 4 is 29.8 Å². The second-order valence-corrected chi connectivity index (χ2v) is 12.4. The fourth-order valence-corrected chi connectivity index (χ4v) is 6.05. The monoisotopic (exact) mass is 630 g/mol. The highest BCUT2D eigenvalue weighted by Crippen LogP contribution is 2.27. The molecule has 0 aliphatic carbocycles. The Balaban J connectivity index is 1.54. The van der Waals surface area contributed by atoms with Crippen molar-refractivity contribution in [1.82, 2.24) is 15.1 Å². The van der Waals surface area contributed by atoms with Gasteiger partial charge in [0, 0.05) is 64.0 Å². The molecule has 3 aliphatic heterocycles. The van der Waals surface area contributed by atoms with Gasteiger partial charge in [-0.25, -0.2) is 9.18 Å². The molecule has 0 aromatic heterocycles. The topological polar surface area (TPSA) is 132 Å². The summed E-state index contributed by atoms with van der Waals surface area (Å²) in [4.78, 5) is 42.4. The second-order valence-electron chi connectivity index (χ2n) is 12.4. The van der Waals surface area contributed by atoms with Crippen LogP contribution in [0, 0.1) is 17.7 Å². The first kappa shape index (κ1) is 34.4. The molecule has 45 heavy (non-hydrogen) atoms. The third-order valence-electron chi connectivity index (χ3n) is 8.72. The largest absolute Gasteiger partial charge is 0.480 e. The molecule has 0 bridgehead atoms. The predicted octanol–water partition coefficient (Wildman–Crippen LogP) is 3.13. The molecule has 12 heteroatoms. The summed E-state index contributed by atoms with van der Waals surface area (Å²) in [6, 6.07) is 4.75. The number of piperazine rings is 2. The Morgan fingerprint density at radius 1 is 1.07 bits per heavy atom. The molecule has 4 rings (SSSR count). The summed E-state index contributed by atoms with van der Waals surface area (Å²) in [5, 5.41) is 22.9. The van der Waals surface area contributed by atoms with Crippen LogP contribution in [-0.4, -0.2) is 115 Å². The maximum absolute atomic E-state index is 14.8. The van der Waals surface area contributed by atoms with Gasteiger partial charge in [-0.2, -0.15) is 0 Å². The molecule has 0 unspecified atom stereocenters. The summed E-state index contributed by atoms with van der Waals surface area (Å²) in [7, 11) is 0. The average Bonchev–Trinajstić information content (AvgIpc) is 3.00. The lowest BCUT2D eigenvalue weighted by Gasteiger charge is -2.35. The molecule has 0 radical (unpaired) electrons. The number of carbonyl (C=O) groups is 3. The van der Waals surface area contributed by atoms with Gasteiger partial charge in [0.15, 0.2) is 0 Å². The van der Waals surface area contributed by atoms with E-state index in [0.717, 1.165) is 0 Å². The number of aliphatic carboxylic acids is 1. The lowest BCUT2D eigenvalue weighted by molar-refractivity contribution is -0.151. The van der Waals surface area contributed by atoms with E-state index in [4.69, 9.17) is 14.6 Å². The maximum atomic E-state index is 14.8. The van der Waals surface area contributed by atoms with E-state index < -0.39 is 36.1 Å². The fraction of sp³-hybridized carbons (Fsp3) is 0.606. The summed E-state index contributed by atoms with van der Waals surface area (Å²) >= 11 is 0. The highest BCUT2D eigenvalue weighted by atomic mass is 19.1. The number of carboxylic acid groups (broad SMARTS) is 1. The molecule has 1 aromatic carbocycles. The van der Waals surface area contributed by atoms with Crippen LogP contribution < -0.4 is 10.2 Å². The first-order valence-corrected chi connectivity index (χ1v) is 15.9. The molecule has 0 spiro atoms. The van der Waals surface area contributed by atoms with Crippen LogP contribution in [0.4, 0.5) is 14.9 Å². The third-order valence-corrected chi connectivity index (χ3v) is 8.72. The van der Waals surface area contributed by atoms with Crippen molar-refractivity contribution in [2.75, 3.05) is 63.8 Å². The molecular formula is C33H47FN4O7. The van der Waals surface area contributed by atoms with Gasteiger partial charge in [-0.05, 0) is 61.1 Å². The summed E-state index contributed by atoms with van der Waals surface area (Å²) in [6.45, 7) is 10.5. The van der Waals surface area contributed by atoms with Crippen LogP contribution in [0.2, 0.25) is 0 Å². The number of anilines is 1. The lowest BCUT2D eigenvalue weighted by Crippen LogP contribution is -2.48. The number of aliphatic hydroxyl groups is 1. The number of nitrogens with zero attached hydrogens (tertiary/aromatic N) is 3. The zero-order valence-corrected chi connectivity index (χ0v) is 26.5. The summed E-state index contributed by atoms with van der Waals surface area (Å²) in [6.07, 6.45) is 3.81. The molecule has 2 saturated heterocycles. The van der Waals surface area contributed by atoms with Crippen molar-refractivity contribution in [3.05, 3.63) is 47.3 Å². The second kappa shape index (κ2) is 16.2. The molecule has 2 fully saturated rings. The highest BCUT2D eigenvalue weighted by molar-refractivity contribution is 5.71. The highest BCUT2D eigenvalue weighted by Gasteiger charge is 2.29. The number of benzene rings is 1. The Bertz CT molecular complexity index is 1240. The molecule has 0 saturated carbocycles. The SMILES string of the molecule is C/C(=C\c1cc(F)cc(N2CCN(CC(=O)O)CC2)c1)[C@H]1OC(=O)C[C@H](O)CC[C@H](C)[C@@H](OC(=O)N2CCNCC2)C=C[C@@H]1C. The van der Waals surface area contributed by atoms with Gasteiger partial charge in [0.25, 0.3) is 0 Å². The number of rotatable bonds is 6. The first-order valence-electron chi connectivity index (χ1n) is 15.9. The van der Waals surface area contributed by atoms with Crippen LogP contribution in [0.15, 0.2) is 35.9 Å². The number of carbonyl (C=O) groups excluding carboxylic acids is 2. The Morgan fingerprint density at radius 3 is 2.47 bits per heavy atom. The van der Waals surface area contributed by atoms with Crippen molar-refractivity contribution in [3.63, 3.8) is 0 Å². The van der Waals surface area contributed by atoms with Gasteiger partial charge in [-0.1, -0.05) is 26.0 Å². The number of carboxylic acids is 1. The number of halogens is 1. The summed E-state index contributed by atoms with van der Waals surface area (Å²) < 4.78 is 26.7. The Hall–Kier alpha value is -3.48.